The summed E-state index contributed by atoms with van der Waals surface area (Å²) < 4.78 is 10.8. The van der Waals surface area contributed by atoms with Gasteiger partial charge in [0.15, 0.2) is 11.5 Å². The van der Waals surface area contributed by atoms with Crippen molar-refractivity contribution in [2.45, 2.75) is 65.2 Å². The van der Waals surface area contributed by atoms with Gasteiger partial charge < -0.3 is 14.8 Å². The number of carbonyl (C=O) groups is 1. The van der Waals surface area contributed by atoms with Crippen LogP contribution in [0, 0.1) is 5.92 Å². The molecule has 2 rings (SSSR count). The van der Waals surface area contributed by atoms with Crippen molar-refractivity contribution in [2.75, 3.05) is 13.3 Å². The summed E-state index contributed by atoms with van der Waals surface area (Å²) in [6.07, 6.45) is 21.5. The Morgan fingerprint density at radius 1 is 0.967 bits per heavy atom. The predicted molar refractivity (Wildman–Crippen MR) is 124 cm³/mol. The van der Waals surface area contributed by atoms with E-state index in [2.05, 4.69) is 49.5 Å². The summed E-state index contributed by atoms with van der Waals surface area (Å²) in [5.74, 6) is 2.17. The molecule has 0 radical (unpaired) electrons. The topological polar surface area (TPSA) is 47.6 Å². The summed E-state index contributed by atoms with van der Waals surface area (Å²) in [5, 5.41) is 2.87. The van der Waals surface area contributed by atoms with Crippen LogP contribution in [-0.2, 0) is 11.2 Å². The number of carbonyl (C=O) groups excluding carboxylic acids is 1. The molecule has 0 saturated heterocycles. The molecule has 4 heteroatoms. The zero-order valence-electron chi connectivity index (χ0n) is 18.6. The molecule has 0 saturated carbocycles. The molecule has 1 aliphatic rings. The van der Waals surface area contributed by atoms with E-state index in [0.717, 1.165) is 37.3 Å². The Morgan fingerprint density at radius 3 is 2.50 bits per heavy atom. The zero-order valence-corrected chi connectivity index (χ0v) is 18.6. The highest BCUT2D eigenvalue weighted by molar-refractivity contribution is 5.87. The van der Waals surface area contributed by atoms with Gasteiger partial charge in [-0.15, -0.1) is 0 Å². The van der Waals surface area contributed by atoms with Crippen LogP contribution >= 0.6 is 0 Å². The van der Waals surface area contributed by atoms with E-state index in [1.165, 1.54) is 37.7 Å². The van der Waals surface area contributed by atoms with Gasteiger partial charge in [-0.25, -0.2) is 0 Å². The maximum Gasteiger partial charge on any atom is 0.243 e. The Labute approximate surface area is 182 Å². The number of hydrogen-bond donors (Lipinski definition) is 1. The molecule has 164 valence electrons. The Balaban J connectivity index is 1.41. The van der Waals surface area contributed by atoms with Crippen LogP contribution in [0.15, 0.2) is 54.7 Å². The van der Waals surface area contributed by atoms with Gasteiger partial charge in [0.25, 0.3) is 0 Å². The summed E-state index contributed by atoms with van der Waals surface area (Å²) >= 11 is 0. The van der Waals surface area contributed by atoms with Gasteiger partial charge in [-0.2, -0.15) is 0 Å². The Hall–Kier alpha value is -2.49. The molecule has 0 fully saturated rings. The second-order valence-corrected chi connectivity index (χ2v) is 8.13. The van der Waals surface area contributed by atoms with Gasteiger partial charge in [0, 0.05) is 12.6 Å². The Kier molecular flexibility index (Phi) is 11.5. The van der Waals surface area contributed by atoms with Crippen molar-refractivity contribution in [1.29, 1.82) is 0 Å². The third kappa shape index (κ3) is 10.3. The molecule has 1 aliphatic heterocycles. The average Bonchev–Trinajstić information content (AvgIpc) is 3.20. The Bertz CT molecular complexity index is 719. The summed E-state index contributed by atoms with van der Waals surface area (Å²) in [4.78, 5) is 11.5. The van der Waals surface area contributed by atoms with Crippen molar-refractivity contribution >= 4 is 5.91 Å². The minimum Gasteiger partial charge on any atom is -0.454 e. The van der Waals surface area contributed by atoms with Crippen molar-refractivity contribution in [3.05, 3.63) is 60.2 Å². The van der Waals surface area contributed by atoms with Crippen LogP contribution in [0.2, 0.25) is 0 Å². The average molecular weight is 412 g/mol. The highest BCUT2D eigenvalue weighted by Gasteiger charge is 2.12. The summed E-state index contributed by atoms with van der Waals surface area (Å²) in [5.41, 5.74) is 1.26. The maximum atomic E-state index is 11.5. The van der Waals surface area contributed by atoms with Crippen LogP contribution < -0.4 is 14.8 Å². The van der Waals surface area contributed by atoms with E-state index in [-0.39, 0.29) is 5.91 Å². The van der Waals surface area contributed by atoms with Crippen LogP contribution in [0.3, 0.4) is 0 Å². The van der Waals surface area contributed by atoms with E-state index in [1.807, 2.05) is 18.2 Å². The molecule has 30 heavy (non-hydrogen) atoms. The number of amides is 1. The first-order chi connectivity index (χ1) is 14.6. The molecule has 0 bridgehead atoms. The number of fused-ring (bicyclic) bond motifs is 1. The molecular weight excluding hydrogens is 374 g/mol. The van der Waals surface area contributed by atoms with E-state index >= 15 is 0 Å². The lowest BCUT2D eigenvalue weighted by Gasteiger charge is -2.03. The number of rotatable bonds is 14. The zero-order chi connectivity index (χ0) is 21.4. The standard InChI is InChI=1S/C26H37NO3/c1-22(2)20-27-26(28)16-14-12-10-8-6-4-3-5-7-9-11-13-15-23-17-18-24-25(19-23)30-21-29-24/h10-14,16-19,22H,3-9,15,20-21H2,1-2H3,(H,27,28)/b12-10?,13-11+,16-14+. The second kappa shape index (κ2) is 14.5. The molecule has 1 aromatic rings. The molecule has 1 amide bonds. The molecule has 1 heterocycles. The molecule has 1 N–H and O–H groups in total. The number of unbranched alkanes of at least 4 members (excludes halogenated alkanes) is 6. The third-order valence-corrected chi connectivity index (χ3v) is 4.88. The van der Waals surface area contributed by atoms with Gasteiger partial charge in [0.05, 0.1) is 0 Å². The van der Waals surface area contributed by atoms with Crippen LogP contribution in [0.5, 0.6) is 11.5 Å². The smallest absolute Gasteiger partial charge is 0.243 e. The van der Waals surface area contributed by atoms with Gasteiger partial charge in [-0.1, -0.05) is 69.6 Å². The summed E-state index contributed by atoms with van der Waals surface area (Å²) in [6, 6.07) is 6.16. The molecule has 0 spiro atoms. The lowest BCUT2D eigenvalue weighted by Crippen LogP contribution is -2.25. The van der Waals surface area contributed by atoms with Crippen molar-refractivity contribution in [3.8, 4) is 11.5 Å². The van der Waals surface area contributed by atoms with Crippen molar-refractivity contribution in [1.82, 2.24) is 5.32 Å². The highest BCUT2D eigenvalue weighted by atomic mass is 16.7. The lowest BCUT2D eigenvalue weighted by molar-refractivity contribution is -0.116. The van der Waals surface area contributed by atoms with E-state index in [0.29, 0.717) is 12.7 Å². The first-order valence-electron chi connectivity index (χ1n) is 11.3. The first-order valence-corrected chi connectivity index (χ1v) is 11.3. The van der Waals surface area contributed by atoms with Gasteiger partial charge >= 0.3 is 0 Å². The fourth-order valence-electron chi connectivity index (χ4n) is 3.14. The molecule has 0 unspecified atom stereocenters. The first kappa shape index (κ1) is 23.8. The predicted octanol–water partition coefficient (Wildman–Crippen LogP) is 6.13. The molecule has 0 atom stereocenters. The largest absolute Gasteiger partial charge is 0.454 e. The van der Waals surface area contributed by atoms with Crippen LogP contribution in [0.1, 0.15) is 64.4 Å². The van der Waals surface area contributed by atoms with Crippen molar-refractivity contribution in [2.24, 2.45) is 5.92 Å². The third-order valence-electron chi connectivity index (χ3n) is 4.88. The quantitative estimate of drug-likeness (QED) is 0.173. The summed E-state index contributed by atoms with van der Waals surface area (Å²) in [6.45, 7) is 5.23. The molecule has 0 aromatic heterocycles. The van der Waals surface area contributed by atoms with E-state index < -0.39 is 0 Å². The number of benzene rings is 1. The fourth-order valence-corrected chi connectivity index (χ4v) is 3.14. The van der Waals surface area contributed by atoms with Gasteiger partial charge in [0.2, 0.25) is 12.7 Å². The van der Waals surface area contributed by atoms with E-state index in [1.54, 1.807) is 6.08 Å². The molecule has 1 aromatic carbocycles. The number of nitrogens with one attached hydrogen (secondary N) is 1. The number of ether oxygens (including phenoxy) is 2. The van der Waals surface area contributed by atoms with Crippen LogP contribution in [-0.4, -0.2) is 19.2 Å². The van der Waals surface area contributed by atoms with Crippen molar-refractivity contribution < 1.29 is 14.3 Å². The van der Waals surface area contributed by atoms with Gasteiger partial charge in [-0.05, 0) is 55.7 Å². The van der Waals surface area contributed by atoms with Crippen LogP contribution in [0.4, 0.5) is 0 Å². The normalized spacial score (nSPS) is 13.3. The minimum absolute atomic E-state index is 0.0155. The fraction of sp³-hybridized carbons (Fsp3) is 0.500. The number of allylic oxidation sites excluding steroid dienone is 5. The minimum atomic E-state index is -0.0155. The van der Waals surface area contributed by atoms with Crippen LogP contribution in [0.25, 0.3) is 0 Å². The van der Waals surface area contributed by atoms with Gasteiger partial charge in [-0.3, -0.25) is 4.79 Å². The molecule has 4 nitrogen and oxygen atoms in total. The lowest BCUT2D eigenvalue weighted by atomic mass is 10.1. The van der Waals surface area contributed by atoms with E-state index in [9.17, 15) is 4.79 Å². The highest BCUT2D eigenvalue weighted by Crippen LogP contribution is 2.32. The molecule has 0 aliphatic carbocycles. The summed E-state index contributed by atoms with van der Waals surface area (Å²) in [7, 11) is 0. The van der Waals surface area contributed by atoms with Crippen molar-refractivity contribution in [3.63, 3.8) is 0 Å². The number of hydrogen-bond acceptors (Lipinski definition) is 3. The van der Waals surface area contributed by atoms with E-state index in [4.69, 9.17) is 9.47 Å². The monoisotopic (exact) mass is 411 g/mol. The maximum absolute atomic E-state index is 11.5. The Morgan fingerprint density at radius 2 is 1.70 bits per heavy atom. The van der Waals surface area contributed by atoms with Gasteiger partial charge in [0.1, 0.15) is 0 Å². The second-order valence-electron chi connectivity index (χ2n) is 8.13. The molecular formula is C26H37NO3. The SMILES string of the molecule is CC(C)CNC(=O)/C=C/C=CCCCCCCC/C=C/Cc1ccc2c(c1)OCO2.